The molecule has 1 aromatic heterocycles. The number of benzene rings is 1. The van der Waals surface area contributed by atoms with Crippen LogP contribution in [-0.4, -0.2) is 36.8 Å². The maximum atomic E-state index is 13.1. The second-order valence-corrected chi connectivity index (χ2v) is 8.00. The second kappa shape index (κ2) is 7.30. The molecule has 0 N–H and O–H groups in total. The molecule has 0 spiro atoms. The smallest absolute Gasteiger partial charge is 0.224 e. The topological polar surface area (TPSA) is 102 Å². The summed E-state index contributed by atoms with van der Waals surface area (Å²) in [5.41, 5.74) is 2.30. The fraction of sp³-hybridized carbons (Fsp3) is 0.389. The van der Waals surface area contributed by atoms with Gasteiger partial charge in [-0.1, -0.05) is 0 Å². The number of nitrogens with zero attached hydrogens (tertiary/aromatic N) is 3. The molecular formula is C18H21N3O4S. The van der Waals surface area contributed by atoms with Crippen LogP contribution in [0.15, 0.2) is 17.2 Å². The van der Waals surface area contributed by atoms with Gasteiger partial charge in [0, 0.05) is 18.4 Å². The van der Waals surface area contributed by atoms with Crippen molar-refractivity contribution in [3.63, 3.8) is 0 Å². The van der Waals surface area contributed by atoms with Crippen LogP contribution in [0.1, 0.15) is 39.5 Å². The highest BCUT2D eigenvalue weighted by molar-refractivity contribution is 7.90. The molecular weight excluding hydrogens is 354 g/mol. The number of aromatic nitrogens is 2. The van der Waals surface area contributed by atoms with E-state index in [-0.39, 0.29) is 28.7 Å². The van der Waals surface area contributed by atoms with E-state index in [9.17, 15) is 13.2 Å². The lowest BCUT2D eigenvalue weighted by atomic mass is 9.95. The molecule has 0 amide bonds. The average Bonchev–Trinajstić information content (AvgIpc) is 2.97. The van der Waals surface area contributed by atoms with Crippen LogP contribution in [0, 0.1) is 32.1 Å². The van der Waals surface area contributed by atoms with Gasteiger partial charge in [0.2, 0.25) is 5.88 Å². The van der Waals surface area contributed by atoms with Gasteiger partial charge in [-0.3, -0.25) is 4.79 Å². The van der Waals surface area contributed by atoms with Gasteiger partial charge >= 0.3 is 0 Å². The summed E-state index contributed by atoms with van der Waals surface area (Å²) in [4.78, 5) is 13.3. The van der Waals surface area contributed by atoms with Crippen LogP contribution in [-0.2, 0) is 16.4 Å². The summed E-state index contributed by atoms with van der Waals surface area (Å²) < 4.78 is 31.0. The average molecular weight is 375 g/mol. The molecule has 138 valence electrons. The summed E-state index contributed by atoms with van der Waals surface area (Å²) in [6, 6.07) is 3.46. The van der Waals surface area contributed by atoms with Gasteiger partial charge in [-0.05, 0) is 50.5 Å². The Labute approximate surface area is 153 Å². The van der Waals surface area contributed by atoms with E-state index in [1.807, 2.05) is 13.0 Å². The van der Waals surface area contributed by atoms with Crippen molar-refractivity contribution in [2.24, 2.45) is 0 Å². The number of aryl methyl sites for hydroxylation is 2. The van der Waals surface area contributed by atoms with E-state index in [0.717, 1.165) is 6.26 Å². The minimum absolute atomic E-state index is 0.198. The molecule has 7 nitrogen and oxygen atoms in total. The molecule has 0 fully saturated rings. The number of ketones is 1. The van der Waals surface area contributed by atoms with Gasteiger partial charge in [-0.25, -0.2) is 13.1 Å². The Kier molecular flexibility index (Phi) is 5.52. The van der Waals surface area contributed by atoms with E-state index in [1.54, 1.807) is 26.8 Å². The maximum absolute atomic E-state index is 13.1. The first-order valence-corrected chi connectivity index (χ1v) is 9.93. The quantitative estimate of drug-likeness (QED) is 0.718. The van der Waals surface area contributed by atoms with Gasteiger partial charge in [-0.15, -0.1) is 0 Å². The van der Waals surface area contributed by atoms with Gasteiger partial charge in [0.15, 0.2) is 22.2 Å². The monoisotopic (exact) mass is 375 g/mol. The van der Waals surface area contributed by atoms with E-state index in [0.29, 0.717) is 28.8 Å². The third kappa shape index (κ3) is 3.48. The van der Waals surface area contributed by atoms with Crippen molar-refractivity contribution in [2.45, 2.75) is 39.1 Å². The summed E-state index contributed by atoms with van der Waals surface area (Å²) in [6.07, 6.45) is 2.56. The molecule has 0 radical (unpaired) electrons. The van der Waals surface area contributed by atoms with Crippen molar-refractivity contribution in [2.75, 3.05) is 12.9 Å². The van der Waals surface area contributed by atoms with Gasteiger partial charge in [0.05, 0.1) is 11.1 Å². The molecule has 0 aliphatic heterocycles. The first kappa shape index (κ1) is 19.7. The maximum Gasteiger partial charge on any atom is 0.224 e. The fourth-order valence-electron chi connectivity index (χ4n) is 3.02. The van der Waals surface area contributed by atoms with Gasteiger partial charge in [0.25, 0.3) is 0 Å². The zero-order valence-electron chi connectivity index (χ0n) is 15.5. The van der Waals surface area contributed by atoms with Crippen molar-refractivity contribution >= 4 is 15.6 Å². The molecule has 0 bridgehead atoms. The number of nitriles is 1. The number of hydrogen-bond donors (Lipinski definition) is 0. The Morgan fingerprint density at radius 1 is 1.27 bits per heavy atom. The number of carbonyl (C=O) groups is 1. The highest BCUT2D eigenvalue weighted by Gasteiger charge is 2.25. The molecule has 0 saturated heterocycles. The van der Waals surface area contributed by atoms with Crippen LogP contribution in [0.5, 0.6) is 5.88 Å². The summed E-state index contributed by atoms with van der Waals surface area (Å²) in [7, 11) is -3.40. The summed E-state index contributed by atoms with van der Waals surface area (Å²) >= 11 is 0. The van der Waals surface area contributed by atoms with Crippen molar-refractivity contribution in [3.05, 3.63) is 40.1 Å². The van der Waals surface area contributed by atoms with Crippen molar-refractivity contribution in [1.82, 2.24) is 9.78 Å². The molecule has 2 rings (SSSR count). The van der Waals surface area contributed by atoms with Crippen LogP contribution >= 0.6 is 0 Å². The van der Waals surface area contributed by atoms with Crippen LogP contribution in [0.3, 0.4) is 0 Å². The number of hydrogen-bond acceptors (Lipinski definition) is 6. The number of sulfone groups is 1. The molecule has 0 saturated carbocycles. The van der Waals surface area contributed by atoms with Crippen molar-refractivity contribution < 1.29 is 17.9 Å². The number of carbonyl (C=O) groups excluding carboxylic acids is 1. The molecule has 2 aromatic rings. The van der Waals surface area contributed by atoms with Crippen LogP contribution < -0.4 is 4.74 Å². The molecule has 0 aliphatic rings. The summed E-state index contributed by atoms with van der Waals surface area (Å²) in [5, 5.41) is 12.9. The second-order valence-electron chi connectivity index (χ2n) is 6.05. The number of rotatable bonds is 6. The molecule has 0 unspecified atom stereocenters. The highest BCUT2D eigenvalue weighted by atomic mass is 32.2. The Morgan fingerprint density at radius 3 is 2.46 bits per heavy atom. The van der Waals surface area contributed by atoms with E-state index in [1.165, 1.54) is 10.9 Å². The van der Waals surface area contributed by atoms with Crippen LogP contribution in [0.4, 0.5) is 0 Å². The predicted octanol–water partition coefficient (Wildman–Crippen LogP) is 2.37. The van der Waals surface area contributed by atoms with E-state index in [2.05, 4.69) is 5.10 Å². The van der Waals surface area contributed by atoms with Gasteiger partial charge < -0.3 is 4.74 Å². The Hall–Kier alpha value is -2.66. The molecule has 1 heterocycles. The van der Waals surface area contributed by atoms with E-state index < -0.39 is 9.84 Å². The molecule has 1 aromatic carbocycles. The predicted molar refractivity (Wildman–Crippen MR) is 96.2 cm³/mol. The third-order valence-electron chi connectivity index (χ3n) is 4.25. The molecule has 26 heavy (non-hydrogen) atoms. The SMILES string of the molecule is CCn1ncc(C(=O)c2cc(C)c(S(C)(=O)=O)c(C)c2C)c1OCC#N. The standard InChI is InChI=1S/C18H21N3O4S/c1-6-21-18(25-8-7-19)15(10-20-21)16(22)14-9-11(2)17(26(5,23)24)13(4)12(14)3/h9-10H,6,8H2,1-5H3. The largest absolute Gasteiger partial charge is 0.462 e. The zero-order valence-corrected chi connectivity index (χ0v) is 16.3. The molecule has 0 atom stereocenters. The van der Waals surface area contributed by atoms with Gasteiger partial charge in [0.1, 0.15) is 11.6 Å². The Balaban J connectivity index is 2.63. The minimum Gasteiger partial charge on any atom is -0.462 e. The zero-order chi connectivity index (χ0) is 19.6. The first-order valence-electron chi connectivity index (χ1n) is 8.04. The molecule has 8 heteroatoms. The Bertz CT molecular complexity index is 1010. The lowest BCUT2D eigenvalue weighted by Gasteiger charge is -2.15. The van der Waals surface area contributed by atoms with Crippen LogP contribution in [0.25, 0.3) is 0 Å². The normalized spacial score (nSPS) is 11.2. The number of ether oxygens (including phenoxy) is 1. The molecule has 0 aliphatic carbocycles. The minimum atomic E-state index is -3.40. The first-order chi connectivity index (χ1) is 12.1. The van der Waals surface area contributed by atoms with Crippen molar-refractivity contribution in [3.8, 4) is 11.9 Å². The van der Waals surface area contributed by atoms with E-state index in [4.69, 9.17) is 10.00 Å². The fourth-order valence-corrected chi connectivity index (χ4v) is 4.37. The summed E-state index contributed by atoms with van der Waals surface area (Å²) in [5.74, 6) is -0.0812. The van der Waals surface area contributed by atoms with Crippen LogP contribution in [0.2, 0.25) is 0 Å². The van der Waals surface area contributed by atoms with Gasteiger partial charge in [-0.2, -0.15) is 10.4 Å². The van der Waals surface area contributed by atoms with E-state index >= 15 is 0 Å². The summed E-state index contributed by atoms with van der Waals surface area (Å²) in [6.45, 7) is 7.21. The lowest BCUT2D eigenvalue weighted by Crippen LogP contribution is -2.12. The third-order valence-corrected chi connectivity index (χ3v) is 5.62. The highest BCUT2D eigenvalue weighted by Crippen LogP contribution is 2.29. The Morgan fingerprint density at radius 2 is 1.92 bits per heavy atom. The lowest BCUT2D eigenvalue weighted by molar-refractivity contribution is 0.103. The van der Waals surface area contributed by atoms with Crippen molar-refractivity contribution in [1.29, 1.82) is 5.26 Å².